The third-order valence-electron chi connectivity index (χ3n) is 3.43. The summed E-state index contributed by atoms with van der Waals surface area (Å²) in [5.41, 5.74) is 1.29. The number of likely N-dealkylation sites (N-methyl/N-ethyl adjacent to an activating group) is 1. The highest BCUT2D eigenvalue weighted by atomic mass is 15.3. The minimum absolute atomic E-state index is 0.652. The van der Waals surface area contributed by atoms with Crippen LogP contribution in [-0.2, 0) is 6.54 Å². The Morgan fingerprint density at radius 2 is 2.35 bits per heavy atom. The van der Waals surface area contributed by atoms with Gasteiger partial charge in [0.1, 0.15) is 5.82 Å². The van der Waals surface area contributed by atoms with Gasteiger partial charge in [0.25, 0.3) is 0 Å². The van der Waals surface area contributed by atoms with Crippen LogP contribution in [0.3, 0.4) is 0 Å². The smallest absolute Gasteiger partial charge is 0.133 e. The minimum atomic E-state index is 0.652. The summed E-state index contributed by atoms with van der Waals surface area (Å²) in [5, 5.41) is 3.20. The van der Waals surface area contributed by atoms with Gasteiger partial charge in [-0.05, 0) is 33.6 Å². The van der Waals surface area contributed by atoms with Gasteiger partial charge in [-0.15, -0.1) is 0 Å². The van der Waals surface area contributed by atoms with Crippen LogP contribution < -0.4 is 10.2 Å². The molecule has 94 valence electrons. The van der Waals surface area contributed by atoms with Crippen LogP contribution in [-0.4, -0.2) is 50.2 Å². The van der Waals surface area contributed by atoms with Gasteiger partial charge in [-0.25, -0.2) is 4.98 Å². The molecule has 2 rings (SSSR count). The fraction of sp³-hybridized carbons (Fsp3) is 0.615. The van der Waals surface area contributed by atoms with Crippen LogP contribution in [0, 0.1) is 0 Å². The zero-order chi connectivity index (χ0) is 12.3. The fourth-order valence-electron chi connectivity index (χ4n) is 2.40. The molecule has 1 aromatic heterocycles. The van der Waals surface area contributed by atoms with Crippen molar-refractivity contribution in [1.29, 1.82) is 0 Å². The summed E-state index contributed by atoms with van der Waals surface area (Å²) in [7, 11) is 6.28. The first-order valence-corrected chi connectivity index (χ1v) is 6.22. The summed E-state index contributed by atoms with van der Waals surface area (Å²) in [6.07, 6.45) is 3.11. The van der Waals surface area contributed by atoms with Crippen LogP contribution in [0.4, 0.5) is 5.82 Å². The molecule has 1 N–H and O–H groups in total. The molecular formula is C13H22N4. The number of pyridine rings is 1. The quantitative estimate of drug-likeness (QED) is 0.840. The number of hydrogen-bond acceptors (Lipinski definition) is 4. The van der Waals surface area contributed by atoms with Gasteiger partial charge in [0, 0.05) is 37.4 Å². The lowest BCUT2D eigenvalue weighted by atomic mass is 10.2. The SMILES string of the molecule is CNCc1cccnc1N1CCC(N(C)C)C1. The Balaban J connectivity index is 2.12. The van der Waals surface area contributed by atoms with Crippen molar-refractivity contribution in [2.75, 3.05) is 39.1 Å². The van der Waals surface area contributed by atoms with E-state index in [2.05, 4.69) is 40.3 Å². The molecule has 0 aliphatic carbocycles. The van der Waals surface area contributed by atoms with E-state index in [0.29, 0.717) is 6.04 Å². The van der Waals surface area contributed by atoms with E-state index in [1.54, 1.807) is 0 Å². The number of anilines is 1. The number of nitrogens with one attached hydrogen (secondary N) is 1. The predicted octanol–water partition coefficient (Wildman–Crippen LogP) is 0.941. The molecule has 1 saturated heterocycles. The van der Waals surface area contributed by atoms with E-state index >= 15 is 0 Å². The van der Waals surface area contributed by atoms with Gasteiger partial charge in [0.15, 0.2) is 0 Å². The van der Waals surface area contributed by atoms with Gasteiger partial charge in [0.05, 0.1) is 0 Å². The molecule has 1 aliphatic heterocycles. The first-order valence-electron chi connectivity index (χ1n) is 6.22. The molecule has 0 amide bonds. The van der Waals surface area contributed by atoms with E-state index in [1.807, 2.05) is 19.3 Å². The zero-order valence-electron chi connectivity index (χ0n) is 11.0. The Morgan fingerprint density at radius 1 is 1.53 bits per heavy atom. The molecule has 1 fully saturated rings. The second-order valence-corrected chi connectivity index (χ2v) is 4.87. The van der Waals surface area contributed by atoms with Crippen molar-refractivity contribution < 1.29 is 0 Å². The van der Waals surface area contributed by atoms with Gasteiger partial charge in [-0.3, -0.25) is 0 Å². The van der Waals surface area contributed by atoms with Crippen molar-refractivity contribution in [3.8, 4) is 0 Å². The maximum absolute atomic E-state index is 4.54. The maximum Gasteiger partial charge on any atom is 0.133 e. The lowest BCUT2D eigenvalue weighted by molar-refractivity contribution is 0.315. The summed E-state index contributed by atoms with van der Waals surface area (Å²) >= 11 is 0. The van der Waals surface area contributed by atoms with Gasteiger partial charge in [0.2, 0.25) is 0 Å². The van der Waals surface area contributed by atoms with Crippen LogP contribution in [0.5, 0.6) is 0 Å². The van der Waals surface area contributed by atoms with Crippen molar-refractivity contribution in [3.05, 3.63) is 23.9 Å². The zero-order valence-corrected chi connectivity index (χ0v) is 11.0. The fourth-order valence-corrected chi connectivity index (χ4v) is 2.40. The number of aromatic nitrogens is 1. The maximum atomic E-state index is 4.54. The molecule has 1 aliphatic rings. The van der Waals surface area contributed by atoms with Crippen molar-refractivity contribution in [2.24, 2.45) is 0 Å². The summed E-state index contributed by atoms with van der Waals surface area (Å²) < 4.78 is 0. The Hall–Kier alpha value is -1.13. The topological polar surface area (TPSA) is 31.4 Å². The van der Waals surface area contributed by atoms with Gasteiger partial charge in [-0.1, -0.05) is 6.07 Å². The molecule has 0 spiro atoms. The first-order chi connectivity index (χ1) is 8.22. The molecule has 0 radical (unpaired) electrons. The largest absolute Gasteiger partial charge is 0.355 e. The lowest BCUT2D eigenvalue weighted by Gasteiger charge is -2.22. The monoisotopic (exact) mass is 234 g/mol. The molecule has 1 unspecified atom stereocenters. The molecule has 0 aromatic carbocycles. The van der Waals surface area contributed by atoms with Crippen LogP contribution in [0.1, 0.15) is 12.0 Å². The third kappa shape index (κ3) is 2.76. The van der Waals surface area contributed by atoms with E-state index in [1.165, 1.54) is 12.0 Å². The highest BCUT2D eigenvalue weighted by Gasteiger charge is 2.25. The van der Waals surface area contributed by atoms with Gasteiger partial charge in [-0.2, -0.15) is 0 Å². The van der Waals surface area contributed by atoms with E-state index in [-0.39, 0.29) is 0 Å². The van der Waals surface area contributed by atoms with Crippen molar-refractivity contribution in [2.45, 2.75) is 19.0 Å². The third-order valence-corrected chi connectivity index (χ3v) is 3.43. The van der Waals surface area contributed by atoms with E-state index in [0.717, 1.165) is 25.5 Å². The predicted molar refractivity (Wildman–Crippen MR) is 71.3 cm³/mol. The molecule has 17 heavy (non-hydrogen) atoms. The standard InChI is InChI=1S/C13H22N4/c1-14-9-11-5-4-7-15-13(11)17-8-6-12(10-17)16(2)3/h4-5,7,12,14H,6,8-10H2,1-3H3. The normalized spacial score (nSPS) is 20.2. The summed E-state index contributed by atoms with van der Waals surface area (Å²) in [6.45, 7) is 3.07. The number of hydrogen-bond donors (Lipinski definition) is 1. The molecular weight excluding hydrogens is 212 g/mol. The number of nitrogens with zero attached hydrogens (tertiary/aromatic N) is 3. The average Bonchev–Trinajstić information content (AvgIpc) is 2.79. The van der Waals surface area contributed by atoms with Crippen LogP contribution >= 0.6 is 0 Å². The Kier molecular flexibility index (Phi) is 3.97. The summed E-state index contributed by atoms with van der Waals surface area (Å²) in [5.74, 6) is 1.14. The van der Waals surface area contributed by atoms with Crippen molar-refractivity contribution in [3.63, 3.8) is 0 Å². The second kappa shape index (κ2) is 5.47. The van der Waals surface area contributed by atoms with Crippen LogP contribution in [0.25, 0.3) is 0 Å². The Morgan fingerprint density at radius 3 is 3.00 bits per heavy atom. The van der Waals surface area contributed by atoms with Gasteiger partial charge >= 0.3 is 0 Å². The summed E-state index contributed by atoms with van der Waals surface area (Å²) in [6, 6.07) is 4.82. The Bertz CT molecular complexity index is 364. The first kappa shape index (κ1) is 12.3. The molecule has 2 heterocycles. The number of rotatable bonds is 4. The van der Waals surface area contributed by atoms with Crippen molar-refractivity contribution >= 4 is 5.82 Å². The average molecular weight is 234 g/mol. The molecule has 1 atom stereocenters. The van der Waals surface area contributed by atoms with Gasteiger partial charge < -0.3 is 15.1 Å². The Labute approximate surface area is 104 Å². The molecule has 1 aromatic rings. The van der Waals surface area contributed by atoms with E-state index < -0.39 is 0 Å². The van der Waals surface area contributed by atoms with Crippen LogP contribution in [0.15, 0.2) is 18.3 Å². The molecule has 0 saturated carbocycles. The van der Waals surface area contributed by atoms with E-state index in [9.17, 15) is 0 Å². The highest BCUT2D eigenvalue weighted by Crippen LogP contribution is 2.23. The molecule has 4 heteroatoms. The van der Waals surface area contributed by atoms with E-state index in [4.69, 9.17) is 0 Å². The minimum Gasteiger partial charge on any atom is -0.355 e. The lowest BCUT2D eigenvalue weighted by Crippen LogP contribution is -2.32. The molecule has 4 nitrogen and oxygen atoms in total. The summed E-state index contributed by atoms with van der Waals surface area (Å²) in [4.78, 5) is 9.25. The molecule has 0 bridgehead atoms. The highest BCUT2D eigenvalue weighted by molar-refractivity contribution is 5.47. The van der Waals surface area contributed by atoms with Crippen molar-refractivity contribution in [1.82, 2.24) is 15.2 Å². The van der Waals surface area contributed by atoms with Crippen LogP contribution in [0.2, 0.25) is 0 Å². The second-order valence-electron chi connectivity index (χ2n) is 4.87.